The number of amides is 3. The maximum atomic E-state index is 13.4. The van der Waals surface area contributed by atoms with Crippen molar-refractivity contribution in [1.29, 1.82) is 0 Å². The molecule has 5 aromatic rings. The van der Waals surface area contributed by atoms with Crippen LogP contribution in [0, 0.1) is 0 Å². The third-order valence-corrected chi connectivity index (χ3v) is 7.86. The summed E-state index contributed by atoms with van der Waals surface area (Å²) in [4.78, 5) is 43.5. The average Bonchev–Trinajstić information content (AvgIpc) is 3.48. The number of nitrogens with one attached hydrogen (secondary N) is 2. The molecule has 4 aromatic carbocycles. The number of anilines is 1. The van der Waals surface area contributed by atoms with E-state index in [9.17, 15) is 14.4 Å². The summed E-state index contributed by atoms with van der Waals surface area (Å²) in [5, 5.41) is 7.84. The normalized spacial score (nSPS) is 11.9. The van der Waals surface area contributed by atoms with E-state index in [-0.39, 0.29) is 11.3 Å². The smallest absolute Gasteiger partial charge is 0.258 e. The van der Waals surface area contributed by atoms with Crippen molar-refractivity contribution in [1.82, 2.24) is 10.3 Å². The molecule has 0 aliphatic rings. The highest BCUT2D eigenvalue weighted by molar-refractivity contribution is 7.14. The number of benzene rings is 4. The maximum Gasteiger partial charge on any atom is 0.258 e. The van der Waals surface area contributed by atoms with E-state index in [1.165, 1.54) is 16.9 Å². The van der Waals surface area contributed by atoms with E-state index in [2.05, 4.69) is 48.5 Å². The first-order valence-corrected chi connectivity index (χ1v) is 14.7. The molecule has 1 atom stereocenters. The van der Waals surface area contributed by atoms with Gasteiger partial charge in [-0.05, 0) is 39.8 Å². The number of hydrogen-bond acceptors (Lipinski definition) is 5. The van der Waals surface area contributed by atoms with E-state index in [1.54, 1.807) is 60.0 Å². The molecule has 0 aliphatic heterocycles. The fourth-order valence-electron chi connectivity index (χ4n) is 4.78. The van der Waals surface area contributed by atoms with E-state index in [0.717, 1.165) is 11.1 Å². The predicted octanol–water partition coefficient (Wildman–Crippen LogP) is 6.98. The molecule has 1 unspecified atom stereocenters. The fourth-order valence-corrected chi connectivity index (χ4v) is 5.49. The number of carbonyl (C=O) groups excluding carboxylic acids is 3. The largest absolute Gasteiger partial charge is 0.368 e. The molecule has 0 aliphatic carbocycles. The lowest BCUT2D eigenvalue weighted by atomic mass is 9.86. The Hall–Kier alpha value is -5.08. The van der Waals surface area contributed by atoms with Crippen LogP contribution in [0.3, 0.4) is 0 Å². The van der Waals surface area contributed by atoms with Gasteiger partial charge in [0.15, 0.2) is 5.13 Å². The second-order valence-corrected chi connectivity index (χ2v) is 12.0. The van der Waals surface area contributed by atoms with Crippen molar-refractivity contribution in [2.24, 2.45) is 5.73 Å². The van der Waals surface area contributed by atoms with Crippen molar-refractivity contribution < 1.29 is 14.4 Å². The van der Waals surface area contributed by atoms with Crippen molar-refractivity contribution in [2.45, 2.75) is 32.2 Å². The summed E-state index contributed by atoms with van der Waals surface area (Å²) >= 11 is 1.26. The number of nitrogens with two attached hydrogens (primary N) is 1. The Balaban J connectivity index is 1.36. The Kier molecular flexibility index (Phi) is 8.50. The molecule has 0 bridgehead atoms. The van der Waals surface area contributed by atoms with Crippen LogP contribution in [0.2, 0.25) is 0 Å². The van der Waals surface area contributed by atoms with Gasteiger partial charge in [-0.1, -0.05) is 112 Å². The number of aromatic nitrogens is 1. The molecule has 0 fully saturated rings. The van der Waals surface area contributed by atoms with Gasteiger partial charge < -0.3 is 11.1 Å². The molecule has 7 nitrogen and oxygen atoms in total. The molecule has 4 N–H and O–H groups in total. The predicted molar refractivity (Wildman–Crippen MR) is 172 cm³/mol. The Morgan fingerprint density at radius 2 is 1.33 bits per heavy atom. The number of thiazole rings is 1. The topological polar surface area (TPSA) is 114 Å². The second-order valence-electron chi connectivity index (χ2n) is 11.1. The summed E-state index contributed by atoms with van der Waals surface area (Å²) < 4.78 is 0. The van der Waals surface area contributed by atoms with Crippen LogP contribution >= 0.6 is 11.3 Å². The minimum atomic E-state index is -0.989. The molecular weight excluding hydrogens is 556 g/mol. The molecule has 0 saturated carbocycles. The quantitative estimate of drug-likeness (QED) is 0.181. The van der Waals surface area contributed by atoms with Crippen LogP contribution in [-0.2, 0) is 10.2 Å². The van der Waals surface area contributed by atoms with E-state index >= 15 is 0 Å². The van der Waals surface area contributed by atoms with Crippen molar-refractivity contribution in [3.05, 3.63) is 131 Å². The fraction of sp³-hybridized carbons (Fsp3) is 0.143. The van der Waals surface area contributed by atoms with Gasteiger partial charge in [0, 0.05) is 22.1 Å². The zero-order chi connectivity index (χ0) is 30.6. The van der Waals surface area contributed by atoms with Crippen LogP contribution in [0.5, 0.6) is 0 Å². The van der Waals surface area contributed by atoms with Crippen LogP contribution < -0.4 is 16.4 Å². The number of rotatable bonds is 8. The second kappa shape index (κ2) is 12.4. The minimum Gasteiger partial charge on any atom is -0.368 e. The highest BCUT2D eigenvalue weighted by Gasteiger charge is 2.23. The molecule has 0 saturated heterocycles. The van der Waals surface area contributed by atoms with Gasteiger partial charge >= 0.3 is 0 Å². The lowest BCUT2D eigenvalue weighted by Gasteiger charge is -2.19. The van der Waals surface area contributed by atoms with Gasteiger partial charge in [-0.3, -0.25) is 19.7 Å². The Morgan fingerprint density at radius 1 is 0.744 bits per heavy atom. The van der Waals surface area contributed by atoms with Gasteiger partial charge in [0.2, 0.25) is 5.91 Å². The van der Waals surface area contributed by atoms with Crippen molar-refractivity contribution in [3.8, 4) is 22.4 Å². The molecule has 8 heteroatoms. The summed E-state index contributed by atoms with van der Waals surface area (Å²) in [5.74, 6) is -1.41. The molecular formula is C35H32N4O3S. The van der Waals surface area contributed by atoms with Crippen LogP contribution in [0.4, 0.5) is 5.13 Å². The standard InChI is InChI=1S/C35H32N4O3S/c1-35(2,3)24-19-17-22(18-20-24)25-13-7-9-15-27(25)33(42)39-34-37-29(21-43-34)26-14-8-10-16-28(26)32(41)38-30(31(36)40)23-11-5-4-6-12-23/h4-21,30H,1-3H3,(H2,36,40)(H,38,41)(H,37,39,42). The highest BCUT2D eigenvalue weighted by Crippen LogP contribution is 2.31. The molecule has 5 rings (SSSR count). The van der Waals surface area contributed by atoms with Gasteiger partial charge in [-0.25, -0.2) is 4.98 Å². The van der Waals surface area contributed by atoms with Gasteiger partial charge in [0.05, 0.1) is 5.69 Å². The number of nitrogens with zero attached hydrogens (tertiary/aromatic N) is 1. The average molecular weight is 589 g/mol. The Morgan fingerprint density at radius 3 is 1.95 bits per heavy atom. The highest BCUT2D eigenvalue weighted by atomic mass is 32.1. The Bertz CT molecular complexity index is 1770. The first-order valence-electron chi connectivity index (χ1n) is 13.8. The minimum absolute atomic E-state index is 0.0305. The summed E-state index contributed by atoms with van der Waals surface area (Å²) in [6, 6.07) is 30.5. The molecule has 1 heterocycles. The summed E-state index contributed by atoms with van der Waals surface area (Å²) in [5.41, 5.74) is 11.2. The van der Waals surface area contributed by atoms with Crippen molar-refractivity contribution >= 4 is 34.2 Å². The Labute approximate surface area is 254 Å². The van der Waals surface area contributed by atoms with Crippen molar-refractivity contribution in [2.75, 3.05) is 5.32 Å². The van der Waals surface area contributed by atoms with Crippen LogP contribution in [0.25, 0.3) is 22.4 Å². The van der Waals surface area contributed by atoms with Crippen molar-refractivity contribution in [3.63, 3.8) is 0 Å². The summed E-state index contributed by atoms with van der Waals surface area (Å²) in [7, 11) is 0. The van der Waals surface area contributed by atoms with E-state index in [0.29, 0.717) is 33.1 Å². The first-order chi connectivity index (χ1) is 20.6. The molecule has 216 valence electrons. The van der Waals surface area contributed by atoms with Crippen LogP contribution in [0.1, 0.15) is 58.7 Å². The number of hydrogen-bond donors (Lipinski definition) is 3. The van der Waals surface area contributed by atoms with Gasteiger partial charge in [0.25, 0.3) is 11.8 Å². The number of primary amides is 1. The molecule has 1 aromatic heterocycles. The molecule has 3 amide bonds. The number of carbonyl (C=O) groups is 3. The summed E-state index contributed by atoms with van der Waals surface area (Å²) in [6.07, 6.45) is 0. The monoisotopic (exact) mass is 588 g/mol. The first kappa shape index (κ1) is 29.4. The van der Waals surface area contributed by atoms with Crippen LogP contribution in [0.15, 0.2) is 109 Å². The third kappa shape index (κ3) is 6.71. The van der Waals surface area contributed by atoms with Gasteiger partial charge in [-0.15, -0.1) is 11.3 Å². The molecule has 0 radical (unpaired) electrons. The van der Waals surface area contributed by atoms with E-state index in [1.807, 2.05) is 36.4 Å². The third-order valence-electron chi connectivity index (χ3n) is 7.10. The van der Waals surface area contributed by atoms with E-state index in [4.69, 9.17) is 5.73 Å². The lowest BCUT2D eigenvalue weighted by molar-refractivity contribution is -0.120. The van der Waals surface area contributed by atoms with Crippen LogP contribution in [-0.4, -0.2) is 22.7 Å². The zero-order valence-electron chi connectivity index (χ0n) is 24.1. The zero-order valence-corrected chi connectivity index (χ0v) is 24.9. The molecule has 43 heavy (non-hydrogen) atoms. The lowest BCUT2D eigenvalue weighted by Crippen LogP contribution is -2.37. The van der Waals surface area contributed by atoms with Gasteiger partial charge in [-0.2, -0.15) is 0 Å². The summed E-state index contributed by atoms with van der Waals surface area (Å²) in [6.45, 7) is 6.50. The SMILES string of the molecule is CC(C)(C)c1ccc(-c2ccccc2C(=O)Nc2nc(-c3ccccc3C(=O)NC(C(N)=O)c3ccccc3)cs2)cc1. The van der Waals surface area contributed by atoms with E-state index < -0.39 is 17.9 Å². The molecule has 0 spiro atoms. The van der Waals surface area contributed by atoms with Gasteiger partial charge in [0.1, 0.15) is 6.04 Å². The maximum absolute atomic E-state index is 13.4.